The molecule has 0 fully saturated rings. The van der Waals surface area contributed by atoms with Crippen molar-refractivity contribution in [1.82, 2.24) is 15.8 Å². The van der Waals surface area contributed by atoms with Gasteiger partial charge in [-0.05, 0) is 25.8 Å². The number of aryl methyl sites for hydroxylation is 3. The van der Waals surface area contributed by atoms with E-state index in [0.29, 0.717) is 13.1 Å². The second kappa shape index (κ2) is 9.11. The van der Waals surface area contributed by atoms with Gasteiger partial charge in [0.15, 0.2) is 5.96 Å². The van der Waals surface area contributed by atoms with E-state index in [0.717, 1.165) is 42.4 Å². The summed E-state index contributed by atoms with van der Waals surface area (Å²) in [6.07, 6.45) is 1.72. The molecule has 0 saturated heterocycles. The molecular weight excluding hydrogens is 300 g/mol. The van der Waals surface area contributed by atoms with Gasteiger partial charge in [0.2, 0.25) is 0 Å². The van der Waals surface area contributed by atoms with Gasteiger partial charge in [0.25, 0.3) is 0 Å². The zero-order valence-corrected chi connectivity index (χ0v) is 15.1. The lowest BCUT2D eigenvalue weighted by Crippen LogP contribution is -2.37. The molecule has 0 aliphatic carbocycles. The molecule has 2 rings (SSSR count). The number of hydrogen-bond donors (Lipinski definition) is 2. The Morgan fingerprint density at radius 3 is 2.67 bits per heavy atom. The normalized spacial score (nSPS) is 11.6. The fraction of sp³-hybridized carbons (Fsp3) is 0.474. The van der Waals surface area contributed by atoms with Gasteiger partial charge in [0.05, 0.1) is 12.2 Å². The van der Waals surface area contributed by atoms with Crippen molar-refractivity contribution in [1.29, 1.82) is 0 Å². The van der Waals surface area contributed by atoms with Crippen LogP contribution in [0.1, 0.15) is 48.9 Å². The van der Waals surface area contributed by atoms with Crippen molar-refractivity contribution in [3.63, 3.8) is 0 Å². The first-order valence-corrected chi connectivity index (χ1v) is 8.71. The zero-order valence-electron chi connectivity index (χ0n) is 15.1. The van der Waals surface area contributed by atoms with E-state index in [9.17, 15) is 0 Å². The van der Waals surface area contributed by atoms with Crippen LogP contribution in [0.2, 0.25) is 0 Å². The Morgan fingerprint density at radius 1 is 1.17 bits per heavy atom. The predicted molar refractivity (Wildman–Crippen MR) is 98.1 cm³/mol. The SMILES string of the molecule is CCNC(=NCc1cccc(C)c1)NCc1c(CC)noc1CC. The Morgan fingerprint density at radius 2 is 2.00 bits per heavy atom. The van der Waals surface area contributed by atoms with E-state index in [4.69, 9.17) is 4.52 Å². The molecule has 0 spiro atoms. The van der Waals surface area contributed by atoms with Crippen molar-refractivity contribution in [3.8, 4) is 0 Å². The lowest BCUT2D eigenvalue weighted by molar-refractivity contribution is 0.380. The highest BCUT2D eigenvalue weighted by atomic mass is 16.5. The second-order valence-electron chi connectivity index (χ2n) is 5.78. The van der Waals surface area contributed by atoms with Crippen LogP contribution in [0.25, 0.3) is 0 Å². The lowest BCUT2D eigenvalue weighted by atomic mass is 10.1. The fourth-order valence-corrected chi connectivity index (χ4v) is 2.63. The third-order valence-electron chi connectivity index (χ3n) is 3.89. The quantitative estimate of drug-likeness (QED) is 0.604. The highest BCUT2D eigenvalue weighted by molar-refractivity contribution is 5.79. The minimum Gasteiger partial charge on any atom is -0.361 e. The van der Waals surface area contributed by atoms with Crippen LogP contribution >= 0.6 is 0 Å². The molecule has 1 heterocycles. The minimum atomic E-state index is 0.655. The molecule has 0 amide bonds. The summed E-state index contributed by atoms with van der Waals surface area (Å²) in [6, 6.07) is 8.43. The van der Waals surface area contributed by atoms with E-state index in [1.807, 2.05) is 0 Å². The van der Waals surface area contributed by atoms with E-state index in [2.05, 4.69) is 72.7 Å². The maximum atomic E-state index is 5.42. The average molecular weight is 328 g/mol. The summed E-state index contributed by atoms with van der Waals surface area (Å²) in [6.45, 7) is 10.5. The van der Waals surface area contributed by atoms with E-state index in [1.54, 1.807) is 0 Å². The number of hydrogen-bond acceptors (Lipinski definition) is 3. The summed E-state index contributed by atoms with van der Waals surface area (Å²) in [5.74, 6) is 1.76. The molecule has 1 aromatic heterocycles. The Labute approximate surface area is 144 Å². The number of nitrogens with zero attached hydrogens (tertiary/aromatic N) is 2. The van der Waals surface area contributed by atoms with Crippen LogP contribution < -0.4 is 10.6 Å². The highest BCUT2D eigenvalue weighted by Crippen LogP contribution is 2.15. The zero-order chi connectivity index (χ0) is 17.4. The molecule has 0 aliphatic heterocycles. The molecule has 130 valence electrons. The van der Waals surface area contributed by atoms with Gasteiger partial charge in [-0.3, -0.25) is 0 Å². The van der Waals surface area contributed by atoms with Crippen LogP contribution in [-0.2, 0) is 25.9 Å². The number of benzene rings is 1. The van der Waals surface area contributed by atoms with Crippen molar-refractivity contribution < 1.29 is 4.52 Å². The van der Waals surface area contributed by atoms with Crippen molar-refractivity contribution >= 4 is 5.96 Å². The van der Waals surface area contributed by atoms with E-state index >= 15 is 0 Å². The van der Waals surface area contributed by atoms with Crippen LogP contribution in [0.3, 0.4) is 0 Å². The predicted octanol–water partition coefficient (Wildman–Crippen LogP) is 3.36. The minimum absolute atomic E-state index is 0.655. The Balaban J connectivity index is 2.05. The van der Waals surface area contributed by atoms with Gasteiger partial charge in [-0.25, -0.2) is 4.99 Å². The van der Waals surface area contributed by atoms with Gasteiger partial charge in [-0.1, -0.05) is 48.8 Å². The van der Waals surface area contributed by atoms with Crippen molar-refractivity contribution in [2.24, 2.45) is 4.99 Å². The molecule has 0 unspecified atom stereocenters. The average Bonchev–Trinajstić information content (AvgIpc) is 2.99. The van der Waals surface area contributed by atoms with Crippen molar-refractivity contribution in [2.45, 2.75) is 53.6 Å². The van der Waals surface area contributed by atoms with Crippen molar-refractivity contribution in [3.05, 3.63) is 52.4 Å². The molecular formula is C19H28N4O. The van der Waals surface area contributed by atoms with Gasteiger partial charge in [-0.2, -0.15) is 0 Å². The van der Waals surface area contributed by atoms with Crippen LogP contribution in [0.15, 0.2) is 33.8 Å². The smallest absolute Gasteiger partial charge is 0.191 e. The highest BCUT2D eigenvalue weighted by Gasteiger charge is 2.13. The summed E-state index contributed by atoms with van der Waals surface area (Å²) in [7, 11) is 0. The molecule has 2 aromatic rings. The molecule has 5 heteroatoms. The molecule has 5 nitrogen and oxygen atoms in total. The third kappa shape index (κ3) is 4.85. The maximum Gasteiger partial charge on any atom is 0.191 e. The number of aromatic nitrogens is 1. The summed E-state index contributed by atoms with van der Waals surface area (Å²) in [5.41, 5.74) is 4.64. The molecule has 24 heavy (non-hydrogen) atoms. The first-order chi connectivity index (χ1) is 11.7. The Bertz CT molecular complexity index is 654. The van der Waals surface area contributed by atoms with Gasteiger partial charge in [0.1, 0.15) is 5.76 Å². The van der Waals surface area contributed by atoms with Crippen LogP contribution in [-0.4, -0.2) is 17.7 Å². The molecule has 0 atom stereocenters. The lowest BCUT2D eigenvalue weighted by Gasteiger charge is -2.12. The number of nitrogens with one attached hydrogen (secondary N) is 2. The monoisotopic (exact) mass is 328 g/mol. The summed E-state index contributed by atoms with van der Waals surface area (Å²) >= 11 is 0. The molecule has 0 saturated carbocycles. The van der Waals surface area contributed by atoms with Crippen molar-refractivity contribution in [2.75, 3.05) is 6.54 Å². The number of guanidine groups is 1. The molecule has 2 N–H and O–H groups in total. The molecule has 1 aromatic carbocycles. The van der Waals surface area contributed by atoms with Gasteiger partial charge >= 0.3 is 0 Å². The fourth-order valence-electron chi connectivity index (χ4n) is 2.63. The van der Waals surface area contributed by atoms with Crippen LogP contribution in [0, 0.1) is 6.92 Å². The topological polar surface area (TPSA) is 62.5 Å². The number of rotatable bonds is 7. The van der Waals surface area contributed by atoms with E-state index in [-0.39, 0.29) is 0 Å². The van der Waals surface area contributed by atoms with Gasteiger partial charge in [0, 0.05) is 25.1 Å². The first-order valence-electron chi connectivity index (χ1n) is 8.71. The molecule has 0 radical (unpaired) electrons. The molecule has 0 bridgehead atoms. The van der Waals surface area contributed by atoms with Crippen LogP contribution in [0.5, 0.6) is 0 Å². The van der Waals surface area contributed by atoms with Gasteiger partial charge in [-0.15, -0.1) is 0 Å². The maximum absolute atomic E-state index is 5.42. The summed E-state index contributed by atoms with van der Waals surface area (Å²) < 4.78 is 5.42. The first kappa shape index (κ1) is 18.0. The largest absolute Gasteiger partial charge is 0.361 e. The summed E-state index contributed by atoms with van der Waals surface area (Å²) in [4.78, 5) is 4.68. The van der Waals surface area contributed by atoms with E-state index < -0.39 is 0 Å². The van der Waals surface area contributed by atoms with E-state index in [1.165, 1.54) is 11.1 Å². The van der Waals surface area contributed by atoms with Crippen LogP contribution in [0.4, 0.5) is 0 Å². The number of aliphatic imine (C=N–C) groups is 1. The summed E-state index contributed by atoms with van der Waals surface area (Å²) in [5, 5.41) is 10.8. The van der Waals surface area contributed by atoms with Gasteiger partial charge < -0.3 is 15.2 Å². The third-order valence-corrected chi connectivity index (χ3v) is 3.89. The standard InChI is InChI=1S/C19H28N4O/c1-5-17-16(18(6-2)24-23-17)13-22-19(20-7-3)21-12-15-10-8-9-14(4)11-15/h8-11H,5-7,12-13H2,1-4H3,(H2,20,21,22). The Hall–Kier alpha value is -2.30. The Kier molecular flexibility index (Phi) is 6.85. The molecule has 0 aliphatic rings. The second-order valence-corrected chi connectivity index (χ2v) is 5.78.